The largest absolute Gasteiger partial charge is 0.439 e. The zero-order valence-corrected chi connectivity index (χ0v) is 10.7. The highest BCUT2D eigenvalue weighted by Gasteiger charge is 2.04. The zero-order chi connectivity index (χ0) is 12.8. The van der Waals surface area contributed by atoms with Crippen molar-refractivity contribution in [1.82, 2.24) is 9.97 Å². The summed E-state index contributed by atoms with van der Waals surface area (Å²) in [7, 11) is 0. The maximum atomic E-state index is 5.80. The molecule has 0 atom stereocenters. The van der Waals surface area contributed by atoms with Crippen molar-refractivity contribution in [3.8, 4) is 11.6 Å². The second-order valence-electron chi connectivity index (χ2n) is 3.81. The summed E-state index contributed by atoms with van der Waals surface area (Å²) >= 11 is 0. The molecule has 0 saturated carbocycles. The lowest BCUT2D eigenvalue weighted by atomic mass is 10.1. The quantitative estimate of drug-likeness (QED) is 0.875. The highest BCUT2D eigenvalue weighted by atomic mass is 16.5. The van der Waals surface area contributed by atoms with E-state index in [1.54, 1.807) is 12.3 Å². The fourth-order valence-corrected chi connectivity index (χ4v) is 1.65. The number of anilines is 1. The summed E-state index contributed by atoms with van der Waals surface area (Å²) in [6, 6.07) is 9.74. The minimum atomic E-state index is 0.557. The van der Waals surface area contributed by atoms with Gasteiger partial charge in [-0.1, -0.05) is 25.1 Å². The fourth-order valence-electron chi connectivity index (χ4n) is 1.65. The van der Waals surface area contributed by atoms with Gasteiger partial charge >= 0.3 is 0 Å². The minimum absolute atomic E-state index is 0.557. The van der Waals surface area contributed by atoms with E-state index in [4.69, 9.17) is 4.74 Å². The van der Waals surface area contributed by atoms with Crippen molar-refractivity contribution >= 4 is 5.95 Å². The van der Waals surface area contributed by atoms with Crippen LogP contribution in [0.1, 0.15) is 19.4 Å². The van der Waals surface area contributed by atoms with Gasteiger partial charge in [0.1, 0.15) is 5.75 Å². The molecular formula is C14H17N3O. The molecule has 0 saturated heterocycles. The molecular weight excluding hydrogens is 226 g/mol. The highest BCUT2D eigenvalue weighted by molar-refractivity contribution is 5.37. The first kappa shape index (κ1) is 12.4. The van der Waals surface area contributed by atoms with Crippen LogP contribution >= 0.6 is 0 Å². The summed E-state index contributed by atoms with van der Waals surface area (Å²) < 4.78 is 5.80. The Balaban J connectivity index is 2.20. The minimum Gasteiger partial charge on any atom is -0.439 e. The molecule has 0 bridgehead atoms. The number of nitrogens with zero attached hydrogens (tertiary/aromatic N) is 2. The number of benzene rings is 1. The van der Waals surface area contributed by atoms with Crippen LogP contribution in [0.3, 0.4) is 0 Å². The molecule has 0 radical (unpaired) electrons. The van der Waals surface area contributed by atoms with Gasteiger partial charge < -0.3 is 10.1 Å². The third-order valence-electron chi connectivity index (χ3n) is 2.53. The van der Waals surface area contributed by atoms with Crippen LogP contribution < -0.4 is 10.1 Å². The number of aromatic nitrogens is 2. The Morgan fingerprint density at radius 1 is 1.17 bits per heavy atom. The number of hydrogen-bond donors (Lipinski definition) is 1. The lowest BCUT2D eigenvalue weighted by Crippen LogP contribution is -2.02. The third kappa shape index (κ3) is 2.97. The van der Waals surface area contributed by atoms with Gasteiger partial charge in [0, 0.05) is 18.8 Å². The predicted octanol–water partition coefficient (Wildman–Crippen LogP) is 3.26. The maximum Gasteiger partial charge on any atom is 0.225 e. The molecule has 0 aliphatic rings. The summed E-state index contributed by atoms with van der Waals surface area (Å²) in [5.74, 6) is 1.99. The SMILES string of the molecule is CCNc1nccc(Oc2ccccc2CC)n1. The molecule has 0 amide bonds. The first-order valence-electron chi connectivity index (χ1n) is 6.16. The van der Waals surface area contributed by atoms with Crippen molar-refractivity contribution in [1.29, 1.82) is 0 Å². The standard InChI is InChI=1S/C14H17N3O/c1-3-11-7-5-6-8-12(11)18-13-9-10-16-14(17-13)15-4-2/h5-10H,3-4H2,1-2H3,(H,15,16,17). The van der Waals surface area contributed by atoms with Crippen molar-refractivity contribution in [3.63, 3.8) is 0 Å². The smallest absolute Gasteiger partial charge is 0.225 e. The lowest BCUT2D eigenvalue weighted by Gasteiger charge is -2.09. The first-order valence-corrected chi connectivity index (χ1v) is 6.16. The number of ether oxygens (including phenoxy) is 1. The summed E-state index contributed by atoms with van der Waals surface area (Å²) in [4.78, 5) is 8.40. The van der Waals surface area contributed by atoms with Crippen LogP contribution in [0.4, 0.5) is 5.95 Å². The van der Waals surface area contributed by atoms with Crippen molar-refractivity contribution < 1.29 is 4.74 Å². The Hall–Kier alpha value is -2.10. The second kappa shape index (κ2) is 6.00. The maximum absolute atomic E-state index is 5.80. The average molecular weight is 243 g/mol. The van der Waals surface area contributed by atoms with E-state index < -0.39 is 0 Å². The number of aryl methyl sites for hydroxylation is 1. The van der Waals surface area contributed by atoms with E-state index in [1.807, 2.05) is 25.1 Å². The van der Waals surface area contributed by atoms with Crippen LogP contribution in [0.25, 0.3) is 0 Å². The Kier molecular flexibility index (Phi) is 4.12. The first-order chi connectivity index (χ1) is 8.83. The molecule has 0 fully saturated rings. The van der Waals surface area contributed by atoms with E-state index in [0.717, 1.165) is 18.7 Å². The molecule has 1 aromatic carbocycles. The molecule has 0 aliphatic carbocycles. The van der Waals surface area contributed by atoms with Crippen LogP contribution in [-0.2, 0) is 6.42 Å². The molecule has 0 spiro atoms. The molecule has 1 N–H and O–H groups in total. The molecule has 4 nitrogen and oxygen atoms in total. The summed E-state index contributed by atoms with van der Waals surface area (Å²) in [5, 5.41) is 3.06. The molecule has 18 heavy (non-hydrogen) atoms. The van der Waals surface area contributed by atoms with Crippen LogP contribution in [0.15, 0.2) is 36.5 Å². The van der Waals surface area contributed by atoms with Crippen LogP contribution in [0, 0.1) is 0 Å². The van der Waals surface area contributed by atoms with E-state index in [1.165, 1.54) is 5.56 Å². The van der Waals surface area contributed by atoms with Gasteiger partial charge in [-0.15, -0.1) is 0 Å². The Labute approximate surface area is 107 Å². The number of hydrogen-bond acceptors (Lipinski definition) is 4. The highest BCUT2D eigenvalue weighted by Crippen LogP contribution is 2.24. The topological polar surface area (TPSA) is 47.0 Å². The molecule has 0 unspecified atom stereocenters. The second-order valence-corrected chi connectivity index (χ2v) is 3.81. The summed E-state index contributed by atoms with van der Waals surface area (Å²) in [5.41, 5.74) is 1.17. The van der Waals surface area contributed by atoms with Gasteiger partial charge in [-0.2, -0.15) is 4.98 Å². The molecule has 94 valence electrons. The normalized spacial score (nSPS) is 10.1. The molecule has 1 heterocycles. The molecule has 2 aromatic rings. The monoisotopic (exact) mass is 243 g/mol. The fraction of sp³-hybridized carbons (Fsp3) is 0.286. The van der Waals surface area contributed by atoms with Crippen LogP contribution in [-0.4, -0.2) is 16.5 Å². The van der Waals surface area contributed by atoms with Gasteiger partial charge in [-0.05, 0) is 25.0 Å². The number of para-hydroxylation sites is 1. The molecule has 1 aromatic heterocycles. The van der Waals surface area contributed by atoms with E-state index in [-0.39, 0.29) is 0 Å². The van der Waals surface area contributed by atoms with Gasteiger partial charge in [0.05, 0.1) is 0 Å². The number of nitrogens with one attached hydrogen (secondary N) is 1. The lowest BCUT2D eigenvalue weighted by molar-refractivity contribution is 0.457. The Morgan fingerprint density at radius 2 is 2.00 bits per heavy atom. The zero-order valence-electron chi connectivity index (χ0n) is 10.7. The van der Waals surface area contributed by atoms with Crippen molar-refractivity contribution in [3.05, 3.63) is 42.1 Å². The van der Waals surface area contributed by atoms with E-state index >= 15 is 0 Å². The van der Waals surface area contributed by atoms with Crippen molar-refractivity contribution in [2.24, 2.45) is 0 Å². The van der Waals surface area contributed by atoms with Gasteiger partial charge in [-0.25, -0.2) is 4.98 Å². The van der Waals surface area contributed by atoms with E-state index in [0.29, 0.717) is 11.8 Å². The van der Waals surface area contributed by atoms with Gasteiger partial charge in [0.15, 0.2) is 0 Å². The predicted molar refractivity (Wildman–Crippen MR) is 72.1 cm³/mol. The van der Waals surface area contributed by atoms with Gasteiger partial charge in [0.2, 0.25) is 11.8 Å². The molecule has 4 heteroatoms. The average Bonchev–Trinajstić information content (AvgIpc) is 2.40. The van der Waals surface area contributed by atoms with Gasteiger partial charge in [-0.3, -0.25) is 0 Å². The van der Waals surface area contributed by atoms with Crippen molar-refractivity contribution in [2.75, 3.05) is 11.9 Å². The molecule has 2 rings (SSSR count). The number of rotatable bonds is 5. The van der Waals surface area contributed by atoms with Crippen molar-refractivity contribution in [2.45, 2.75) is 20.3 Å². The Bertz CT molecular complexity index is 514. The van der Waals surface area contributed by atoms with Gasteiger partial charge in [0.25, 0.3) is 0 Å². The summed E-state index contributed by atoms with van der Waals surface area (Å²) in [6.45, 7) is 4.89. The Morgan fingerprint density at radius 3 is 2.78 bits per heavy atom. The molecule has 0 aliphatic heterocycles. The van der Waals surface area contributed by atoms with E-state index in [9.17, 15) is 0 Å². The third-order valence-corrected chi connectivity index (χ3v) is 2.53. The van der Waals surface area contributed by atoms with E-state index in [2.05, 4.69) is 28.3 Å². The van der Waals surface area contributed by atoms with Crippen LogP contribution in [0.2, 0.25) is 0 Å². The summed E-state index contributed by atoms with van der Waals surface area (Å²) in [6.07, 6.45) is 2.62. The van der Waals surface area contributed by atoms with Crippen LogP contribution in [0.5, 0.6) is 11.6 Å².